The van der Waals surface area contributed by atoms with Gasteiger partial charge in [-0.05, 0) is 18.4 Å². The molecule has 0 N–H and O–H groups in total. The molecule has 3 rings (SSSR count). The van der Waals surface area contributed by atoms with Gasteiger partial charge in [0.25, 0.3) is 0 Å². The van der Waals surface area contributed by atoms with Gasteiger partial charge in [-0.1, -0.05) is 0 Å². The van der Waals surface area contributed by atoms with E-state index in [9.17, 15) is 4.79 Å². The monoisotopic (exact) mass is 195 g/mol. The first kappa shape index (κ1) is 8.00. The molecule has 69 valence electrons. The number of fused-ring (bicyclic) bond motifs is 3. The van der Waals surface area contributed by atoms with Gasteiger partial charge in [0, 0.05) is 15.7 Å². The topological polar surface area (TPSA) is 35.5 Å². The molecule has 3 radical (unpaired) electrons. The lowest BCUT2D eigenvalue weighted by Gasteiger charge is -2.29. The Balaban J connectivity index is 1.85. The summed E-state index contributed by atoms with van der Waals surface area (Å²) in [5, 5.41) is 0. The van der Waals surface area contributed by atoms with Crippen molar-refractivity contribution < 1.29 is 14.3 Å². The number of hydrogen-bond acceptors (Lipinski definition) is 3. The molecule has 13 heavy (non-hydrogen) atoms. The Morgan fingerprint density at radius 2 is 2.38 bits per heavy atom. The van der Waals surface area contributed by atoms with E-state index in [2.05, 4.69) is 10.2 Å². The first-order chi connectivity index (χ1) is 6.20. The van der Waals surface area contributed by atoms with Crippen LogP contribution in [-0.2, 0) is 14.3 Å². The normalized spacial score (nSPS) is 53.3. The molecule has 3 aliphatic heterocycles. The van der Waals surface area contributed by atoms with Crippen molar-refractivity contribution >= 4 is 16.2 Å². The van der Waals surface area contributed by atoms with E-state index in [0.717, 1.165) is 12.8 Å². The van der Waals surface area contributed by atoms with Crippen LogP contribution in [0.1, 0.15) is 19.3 Å². The highest BCUT2D eigenvalue weighted by atomic mass is 28.1. The van der Waals surface area contributed by atoms with Gasteiger partial charge in [0.05, 0.1) is 18.6 Å². The zero-order valence-corrected chi connectivity index (χ0v) is 8.29. The molecule has 0 aromatic heterocycles. The molecule has 4 unspecified atom stereocenters. The molecule has 3 heterocycles. The molecule has 0 saturated carbocycles. The summed E-state index contributed by atoms with van der Waals surface area (Å²) >= 11 is 0. The molecule has 4 atom stereocenters. The first-order valence-corrected chi connectivity index (χ1v) is 5.30. The molecule has 0 aromatic carbocycles. The minimum Gasteiger partial charge on any atom is -0.465 e. The van der Waals surface area contributed by atoms with Crippen LogP contribution >= 0.6 is 0 Å². The van der Waals surface area contributed by atoms with Gasteiger partial charge in [-0.15, -0.1) is 0 Å². The minimum atomic E-state index is -0.0540. The number of ether oxygens (including phenoxy) is 2. The molecular formula is C9H11O3Si. The van der Waals surface area contributed by atoms with E-state index in [4.69, 9.17) is 9.47 Å². The summed E-state index contributed by atoms with van der Waals surface area (Å²) in [6.07, 6.45) is 3.12. The fraction of sp³-hybridized carbons (Fsp3) is 0.889. The highest BCUT2D eigenvalue weighted by molar-refractivity contribution is 6.12. The smallest absolute Gasteiger partial charge is 0.306 e. The second-order valence-electron chi connectivity index (χ2n) is 4.41. The van der Waals surface area contributed by atoms with Crippen molar-refractivity contribution in [2.75, 3.05) is 6.61 Å². The van der Waals surface area contributed by atoms with E-state index in [-0.39, 0.29) is 17.5 Å². The predicted molar refractivity (Wildman–Crippen MR) is 45.4 cm³/mol. The number of carbonyl (C=O) groups is 1. The van der Waals surface area contributed by atoms with Gasteiger partial charge < -0.3 is 9.47 Å². The molecule has 3 saturated heterocycles. The molecule has 3 nitrogen and oxygen atoms in total. The van der Waals surface area contributed by atoms with Crippen molar-refractivity contribution in [3.8, 4) is 0 Å². The summed E-state index contributed by atoms with van der Waals surface area (Å²) in [6.45, 7) is 0.575. The first-order valence-electron chi connectivity index (χ1n) is 4.72. The van der Waals surface area contributed by atoms with Crippen molar-refractivity contribution in [1.29, 1.82) is 0 Å². The van der Waals surface area contributed by atoms with Gasteiger partial charge in [0.2, 0.25) is 0 Å². The van der Waals surface area contributed by atoms with Crippen LogP contribution in [0.15, 0.2) is 0 Å². The molecule has 1 spiro atoms. The summed E-state index contributed by atoms with van der Waals surface area (Å²) in [5.74, 6) is -0.0540. The Bertz CT molecular complexity index is 266. The third-order valence-corrected chi connectivity index (χ3v) is 4.17. The third kappa shape index (κ3) is 0.957. The van der Waals surface area contributed by atoms with Crippen LogP contribution in [0.3, 0.4) is 0 Å². The van der Waals surface area contributed by atoms with Crippen LogP contribution in [0.2, 0.25) is 5.54 Å². The Labute approximate surface area is 80.2 Å². The third-order valence-electron chi connectivity index (χ3n) is 3.56. The molecule has 4 heteroatoms. The van der Waals surface area contributed by atoms with Crippen LogP contribution in [-0.4, -0.2) is 35.0 Å². The van der Waals surface area contributed by atoms with E-state index in [1.165, 1.54) is 0 Å². The van der Waals surface area contributed by atoms with E-state index >= 15 is 0 Å². The maximum absolute atomic E-state index is 11.1. The average molecular weight is 195 g/mol. The van der Waals surface area contributed by atoms with Gasteiger partial charge in [0.1, 0.15) is 6.61 Å². The van der Waals surface area contributed by atoms with Crippen LogP contribution < -0.4 is 0 Å². The Morgan fingerprint density at radius 3 is 2.85 bits per heavy atom. The molecule has 0 aromatic rings. The Kier molecular flexibility index (Phi) is 1.45. The second kappa shape index (κ2) is 2.36. The summed E-state index contributed by atoms with van der Waals surface area (Å²) in [7, 11) is 3.64. The molecule has 0 amide bonds. The van der Waals surface area contributed by atoms with Crippen molar-refractivity contribution in [2.45, 2.75) is 37.0 Å². The molecule has 3 aliphatic rings. The standard InChI is InChI=1S/C9H11O3Si/c10-8-3-9(4-11-8)2-5-6(13)1-7(9)12-5/h5-7H,1-4H2. The van der Waals surface area contributed by atoms with Crippen LogP contribution in [0, 0.1) is 5.41 Å². The molecule has 3 fully saturated rings. The van der Waals surface area contributed by atoms with Gasteiger partial charge in [-0.3, -0.25) is 4.79 Å². The molecular weight excluding hydrogens is 184 g/mol. The maximum Gasteiger partial charge on any atom is 0.306 e. The van der Waals surface area contributed by atoms with Gasteiger partial charge in [0.15, 0.2) is 0 Å². The summed E-state index contributed by atoms with van der Waals surface area (Å²) in [4.78, 5) is 11.1. The highest BCUT2D eigenvalue weighted by Crippen LogP contribution is 2.55. The van der Waals surface area contributed by atoms with Crippen LogP contribution in [0.5, 0.6) is 0 Å². The Morgan fingerprint density at radius 1 is 1.54 bits per heavy atom. The lowest BCUT2D eigenvalue weighted by atomic mass is 9.73. The second-order valence-corrected chi connectivity index (χ2v) is 5.15. The van der Waals surface area contributed by atoms with E-state index in [1.54, 1.807) is 0 Å². The van der Waals surface area contributed by atoms with E-state index in [1.807, 2.05) is 0 Å². The van der Waals surface area contributed by atoms with Crippen molar-refractivity contribution in [1.82, 2.24) is 0 Å². The van der Waals surface area contributed by atoms with Crippen molar-refractivity contribution in [2.24, 2.45) is 5.41 Å². The summed E-state index contributed by atoms with van der Waals surface area (Å²) < 4.78 is 10.8. The molecule has 0 aliphatic carbocycles. The lowest BCUT2D eigenvalue weighted by Crippen LogP contribution is -2.34. The number of rotatable bonds is 0. The zero-order valence-electron chi connectivity index (χ0n) is 7.29. The number of carbonyl (C=O) groups excluding carboxylic acids is 1. The van der Waals surface area contributed by atoms with E-state index < -0.39 is 0 Å². The van der Waals surface area contributed by atoms with Crippen LogP contribution in [0.25, 0.3) is 0 Å². The number of esters is 1. The lowest BCUT2D eigenvalue weighted by molar-refractivity contribution is -0.137. The van der Waals surface area contributed by atoms with Gasteiger partial charge in [-0.25, -0.2) is 0 Å². The SMILES string of the molecule is O=C1CC2(CO1)CC1OC2CC1[Si]. The fourth-order valence-electron chi connectivity index (χ4n) is 2.81. The van der Waals surface area contributed by atoms with E-state index in [0.29, 0.717) is 24.7 Å². The quantitative estimate of drug-likeness (QED) is 0.415. The largest absolute Gasteiger partial charge is 0.465 e. The van der Waals surface area contributed by atoms with Gasteiger partial charge >= 0.3 is 5.97 Å². The minimum absolute atomic E-state index is 0.0326. The Hall–Kier alpha value is -0.353. The zero-order chi connectivity index (χ0) is 9.05. The van der Waals surface area contributed by atoms with Crippen LogP contribution in [0.4, 0.5) is 0 Å². The number of cyclic esters (lactones) is 1. The maximum atomic E-state index is 11.1. The predicted octanol–water partition coefficient (Wildman–Crippen LogP) is 0.438. The number of hydrogen-bond donors (Lipinski definition) is 0. The van der Waals surface area contributed by atoms with Crippen molar-refractivity contribution in [3.05, 3.63) is 0 Å². The summed E-state index contributed by atoms with van der Waals surface area (Å²) in [6, 6.07) is 0. The average Bonchev–Trinajstić information content (AvgIpc) is 2.68. The molecule has 2 bridgehead atoms. The fourth-order valence-corrected chi connectivity index (χ4v) is 3.22. The van der Waals surface area contributed by atoms with Gasteiger partial charge in [-0.2, -0.15) is 0 Å². The summed E-state index contributed by atoms with van der Waals surface area (Å²) in [5.41, 5.74) is 0.511. The van der Waals surface area contributed by atoms with Crippen molar-refractivity contribution in [3.63, 3.8) is 0 Å². The highest BCUT2D eigenvalue weighted by Gasteiger charge is 2.58.